The summed E-state index contributed by atoms with van der Waals surface area (Å²) in [5.41, 5.74) is 2.33. The molecule has 0 aromatic heterocycles. The third kappa shape index (κ3) is 2.18. The summed E-state index contributed by atoms with van der Waals surface area (Å²) >= 11 is -0.943. The first-order valence-electron chi connectivity index (χ1n) is 8.59. The molecule has 1 aromatic rings. The van der Waals surface area contributed by atoms with Crippen LogP contribution in [0.1, 0.15) is 49.7 Å². The van der Waals surface area contributed by atoms with Gasteiger partial charge in [-0.2, -0.15) is 0 Å². The van der Waals surface area contributed by atoms with E-state index in [1.54, 1.807) is 12.3 Å². The van der Waals surface area contributed by atoms with Crippen molar-refractivity contribution in [2.24, 2.45) is 17.3 Å². The summed E-state index contributed by atoms with van der Waals surface area (Å²) in [7, 11) is 0. The van der Waals surface area contributed by atoms with Gasteiger partial charge in [0.2, 0.25) is 0 Å². The van der Waals surface area contributed by atoms with E-state index in [1.165, 1.54) is 11.1 Å². The first-order valence-corrected chi connectivity index (χ1v) is 10.2. The van der Waals surface area contributed by atoms with Crippen LogP contribution in [0.15, 0.2) is 18.2 Å². The van der Waals surface area contributed by atoms with Crippen molar-refractivity contribution in [1.29, 1.82) is 0 Å². The van der Waals surface area contributed by atoms with Crippen LogP contribution < -0.4 is 0 Å². The number of benzene rings is 1. The van der Waals surface area contributed by atoms with Gasteiger partial charge in [-0.25, -0.2) is 0 Å². The van der Waals surface area contributed by atoms with Gasteiger partial charge in [-0.15, -0.1) is 0 Å². The van der Waals surface area contributed by atoms with Crippen LogP contribution in [0.4, 0.5) is 0 Å². The monoisotopic (exact) mass is 332 g/mol. The highest BCUT2D eigenvalue weighted by Gasteiger charge is 2.61. The Balaban J connectivity index is 1.75. The third-order valence-corrected chi connectivity index (χ3v) is 8.12. The standard InChI is InChI=1S/C19H24O3S/c1-19-8-7-14-13-6-4-12(20)9-11(13)3-5-15(14)18(19)16(23(2)22)10-17(19)21/h4,6,9,14-16,18,20H,3,5,7-8,10H2,1-2H3/t14?,15?,16?,18?,19-,23?/m1/s1. The van der Waals surface area contributed by atoms with Gasteiger partial charge in [0.1, 0.15) is 16.8 Å². The summed E-state index contributed by atoms with van der Waals surface area (Å²) in [6.45, 7) is 2.12. The molecule has 0 amide bonds. The largest absolute Gasteiger partial charge is 0.616 e. The molecule has 6 atom stereocenters. The molecular formula is C19H24O3S. The van der Waals surface area contributed by atoms with Gasteiger partial charge in [0.05, 0.1) is 12.7 Å². The molecule has 5 unspecified atom stereocenters. The van der Waals surface area contributed by atoms with Crippen molar-refractivity contribution in [2.45, 2.75) is 50.2 Å². The second-order valence-electron chi connectivity index (χ2n) is 7.84. The second-order valence-corrected chi connectivity index (χ2v) is 9.44. The predicted molar refractivity (Wildman–Crippen MR) is 91.0 cm³/mol. The molecular weight excluding hydrogens is 308 g/mol. The van der Waals surface area contributed by atoms with Crippen molar-refractivity contribution in [3.8, 4) is 5.75 Å². The van der Waals surface area contributed by atoms with Crippen LogP contribution in [0.2, 0.25) is 0 Å². The third-order valence-electron chi connectivity index (χ3n) is 6.81. The molecule has 0 bridgehead atoms. The maximum absolute atomic E-state index is 12.6. The quantitative estimate of drug-likeness (QED) is 0.804. The molecule has 0 spiro atoms. The van der Waals surface area contributed by atoms with Gasteiger partial charge in [-0.05, 0) is 60.8 Å². The number of Topliss-reactive ketones (excluding diaryl/α,β-unsaturated/α-hetero) is 1. The predicted octanol–water partition coefficient (Wildman–Crippen LogP) is 3.17. The Hall–Kier alpha value is -1.00. The van der Waals surface area contributed by atoms with Gasteiger partial charge in [0, 0.05) is 11.3 Å². The maximum Gasteiger partial charge on any atom is 0.144 e. The molecule has 2 fully saturated rings. The van der Waals surface area contributed by atoms with Gasteiger partial charge in [0.25, 0.3) is 0 Å². The number of ketones is 1. The Labute approximate surface area is 140 Å². The number of phenols is 1. The minimum Gasteiger partial charge on any atom is -0.616 e. The lowest BCUT2D eigenvalue weighted by Crippen LogP contribution is -2.46. The number of carbonyl (C=O) groups is 1. The van der Waals surface area contributed by atoms with Crippen LogP contribution in [0.5, 0.6) is 5.75 Å². The maximum atomic E-state index is 12.6. The number of aromatic hydroxyl groups is 1. The molecule has 1 N–H and O–H groups in total. The van der Waals surface area contributed by atoms with Crippen molar-refractivity contribution >= 4 is 17.0 Å². The van der Waals surface area contributed by atoms with Crippen molar-refractivity contribution < 1.29 is 14.5 Å². The Morgan fingerprint density at radius 3 is 2.87 bits per heavy atom. The first-order chi connectivity index (χ1) is 10.9. The summed E-state index contributed by atoms with van der Waals surface area (Å²) in [4.78, 5) is 12.6. The lowest BCUT2D eigenvalue weighted by molar-refractivity contribution is -0.129. The van der Waals surface area contributed by atoms with Gasteiger partial charge in [-0.3, -0.25) is 4.79 Å². The highest BCUT2D eigenvalue weighted by Crippen LogP contribution is 2.60. The van der Waals surface area contributed by atoms with Crippen molar-refractivity contribution in [1.82, 2.24) is 0 Å². The average Bonchev–Trinajstić information content (AvgIpc) is 2.79. The smallest absolute Gasteiger partial charge is 0.144 e. The van der Waals surface area contributed by atoms with E-state index in [9.17, 15) is 14.5 Å². The van der Waals surface area contributed by atoms with Gasteiger partial charge in [0.15, 0.2) is 0 Å². The van der Waals surface area contributed by atoms with E-state index in [1.807, 2.05) is 6.07 Å². The van der Waals surface area contributed by atoms with Crippen LogP contribution in [0.25, 0.3) is 0 Å². The summed E-state index contributed by atoms with van der Waals surface area (Å²) in [6, 6.07) is 5.75. The lowest BCUT2D eigenvalue weighted by Gasteiger charge is -2.49. The van der Waals surface area contributed by atoms with Gasteiger partial charge < -0.3 is 9.66 Å². The van der Waals surface area contributed by atoms with Crippen LogP contribution >= 0.6 is 0 Å². The number of hydrogen-bond acceptors (Lipinski definition) is 3. The summed E-state index contributed by atoms with van der Waals surface area (Å²) in [6.07, 6.45) is 6.20. The van der Waals surface area contributed by atoms with E-state index in [0.29, 0.717) is 29.8 Å². The Morgan fingerprint density at radius 1 is 1.35 bits per heavy atom. The fourth-order valence-corrected chi connectivity index (χ4v) is 7.00. The zero-order valence-corrected chi connectivity index (χ0v) is 14.6. The highest BCUT2D eigenvalue weighted by molar-refractivity contribution is 7.91. The van der Waals surface area contributed by atoms with Crippen LogP contribution in [-0.4, -0.2) is 26.9 Å². The SMILES string of the molecule is C[S+]([O-])C1CC(=O)[C@@]2(C)CCC3c4ccc(O)cc4CCC3C12. The van der Waals surface area contributed by atoms with E-state index in [0.717, 1.165) is 25.7 Å². The van der Waals surface area contributed by atoms with Crippen LogP contribution in [0, 0.1) is 17.3 Å². The second kappa shape index (κ2) is 5.25. The molecule has 23 heavy (non-hydrogen) atoms. The van der Waals surface area contributed by atoms with Gasteiger partial charge in [-0.1, -0.05) is 24.2 Å². The summed E-state index contributed by atoms with van der Waals surface area (Å²) in [5.74, 6) is 1.83. The number of rotatable bonds is 1. The zero-order valence-electron chi connectivity index (χ0n) is 13.7. The van der Waals surface area contributed by atoms with E-state index in [2.05, 4.69) is 13.0 Å². The molecule has 124 valence electrons. The van der Waals surface area contributed by atoms with E-state index in [4.69, 9.17) is 0 Å². The molecule has 3 nitrogen and oxygen atoms in total. The number of fused-ring (bicyclic) bond motifs is 5. The summed E-state index contributed by atoms with van der Waals surface area (Å²) < 4.78 is 12.3. The summed E-state index contributed by atoms with van der Waals surface area (Å²) in [5, 5.41) is 9.77. The highest BCUT2D eigenvalue weighted by atomic mass is 32.2. The molecule has 0 saturated heterocycles. The lowest BCUT2D eigenvalue weighted by atomic mass is 9.55. The molecule has 2 saturated carbocycles. The Morgan fingerprint density at radius 2 is 2.13 bits per heavy atom. The molecule has 0 aliphatic heterocycles. The number of phenolic OH excluding ortho intramolecular Hbond substituents is 1. The van der Waals surface area contributed by atoms with E-state index >= 15 is 0 Å². The topological polar surface area (TPSA) is 60.4 Å². The Kier molecular flexibility index (Phi) is 3.54. The number of hydrogen-bond donors (Lipinski definition) is 1. The molecule has 1 aromatic carbocycles. The molecule has 0 radical (unpaired) electrons. The van der Waals surface area contributed by atoms with Crippen LogP contribution in [0.3, 0.4) is 0 Å². The Bertz CT molecular complexity index is 656. The van der Waals surface area contributed by atoms with E-state index in [-0.39, 0.29) is 16.6 Å². The fourth-order valence-electron chi connectivity index (χ4n) is 5.70. The minimum atomic E-state index is -0.943. The van der Waals surface area contributed by atoms with Crippen molar-refractivity contribution in [3.63, 3.8) is 0 Å². The molecule has 4 heteroatoms. The first kappa shape index (κ1) is 15.5. The van der Waals surface area contributed by atoms with Crippen LogP contribution in [-0.2, 0) is 22.4 Å². The fraction of sp³-hybridized carbons (Fsp3) is 0.632. The molecule has 3 aliphatic rings. The average molecular weight is 332 g/mol. The minimum absolute atomic E-state index is 0.0268. The van der Waals surface area contributed by atoms with Crippen molar-refractivity contribution in [2.75, 3.05) is 6.26 Å². The zero-order chi connectivity index (χ0) is 16.4. The number of carbonyl (C=O) groups excluding carboxylic acids is 1. The molecule has 4 rings (SSSR count). The van der Waals surface area contributed by atoms with E-state index < -0.39 is 11.2 Å². The number of aryl methyl sites for hydroxylation is 1. The van der Waals surface area contributed by atoms with Gasteiger partial charge >= 0.3 is 0 Å². The molecule has 0 heterocycles. The normalized spacial score (nSPS) is 40.2. The molecule has 3 aliphatic carbocycles. The van der Waals surface area contributed by atoms with Crippen molar-refractivity contribution in [3.05, 3.63) is 29.3 Å².